The standard InChI is InChI=1S/C19H37NO5/c1-9-10-11-12-23-15(5)16(13(2)3)24-17(21)14(4)20-18(22)25-19(6,7)8/h13-16H,9-12H2,1-8H3,(H,20,22)/t14-,15-,16?/m0/s1. The molecule has 1 amide bonds. The molecule has 0 aromatic carbocycles. The van der Waals surface area contributed by atoms with Crippen molar-refractivity contribution in [3.05, 3.63) is 0 Å². The molecule has 3 atom stereocenters. The summed E-state index contributed by atoms with van der Waals surface area (Å²) in [4.78, 5) is 24.1. The molecule has 25 heavy (non-hydrogen) atoms. The largest absolute Gasteiger partial charge is 0.458 e. The van der Waals surface area contributed by atoms with Gasteiger partial charge in [-0.25, -0.2) is 9.59 Å². The maximum Gasteiger partial charge on any atom is 0.408 e. The normalized spacial score (nSPS) is 15.4. The van der Waals surface area contributed by atoms with Crippen molar-refractivity contribution in [1.29, 1.82) is 0 Å². The highest BCUT2D eigenvalue weighted by atomic mass is 16.6. The third-order valence-corrected chi connectivity index (χ3v) is 3.59. The number of esters is 1. The summed E-state index contributed by atoms with van der Waals surface area (Å²) in [5.41, 5.74) is -0.616. The highest BCUT2D eigenvalue weighted by molar-refractivity contribution is 5.81. The van der Waals surface area contributed by atoms with Crippen LogP contribution in [-0.4, -0.2) is 42.5 Å². The fraction of sp³-hybridized carbons (Fsp3) is 0.895. The molecule has 0 aliphatic heterocycles. The summed E-state index contributed by atoms with van der Waals surface area (Å²) in [5, 5.41) is 2.50. The van der Waals surface area contributed by atoms with Gasteiger partial charge in [0.2, 0.25) is 0 Å². The molecule has 0 saturated heterocycles. The highest BCUT2D eigenvalue weighted by Crippen LogP contribution is 2.16. The van der Waals surface area contributed by atoms with Crippen LogP contribution in [0.25, 0.3) is 0 Å². The van der Waals surface area contributed by atoms with Crippen LogP contribution in [0.3, 0.4) is 0 Å². The fourth-order valence-electron chi connectivity index (χ4n) is 2.27. The smallest absolute Gasteiger partial charge is 0.408 e. The van der Waals surface area contributed by atoms with Crippen LogP contribution < -0.4 is 5.32 Å². The molecule has 0 bridgehead atoms. The molecule has 0 aromatic heterocycles. The molecule has 0 aromatic rings. The first-order valence-corrected chi connectivity index (χ1v) is 9.29. The number of hydrogen-bond donors (Lipinski definition) is 1. The SMILES string of the molecule is CCCCCO[C@@H](C)C(OC(=O)[C@H](C)NC(=O)OC(C)(C)C)C(C)C. The molecule has 0 aliphatic rings. The minimum Gasteiger partial charge on any atom is -0.458 e. The summed E-state index contributed by atoms with van der Waals surface area (Å²) in [6.45, 7) is 15.5. The third kappa shape index (κ3) is 11.0. The van der Waals surface area contributed by atoms with Crippen LogP contribution in [0.5, 0.6) is 0 Å². The molecule has 0 radical (unpaired) electrons. The molecule has 0 spiro atoms. The predicted octanol–water partition coefficient (Wildman–Crippen LogP) is 4.06. The Balaban J connectivity index is 4.54. The number of alkyl carbamates (subject to hydrolysis) is 1. The van der Waals surface area contributed by atoms with E-state index in [2.05, 4.69) is 12.2 Å². The van der Waals surface area contributed by atoms with Crippen molar-refractivity contribution in [2.75, 3.05) is 6.61 Å². The summed E-state index contributed by atoms with van der Waals surface area (Å²) in [6, 6.07) is -0.789. The van der Waals surface area contributed by atoms with Crippen molar-refractivity contribution >= 4 is 12.1 Å². The fourth-order valence-corrected chi connectivity index (χ4v) is 2.27. The van der Waals surface area contributed by atoms with E-state index in [1.807, 2.05) is 20.8 Å². The first kappa shape index (κ1) is 23.7. The van der Waals surface area contributed by atoms with Crippen LogP contribution >= 0.6 is 0 Å². The predicted molar refractivity (Wildman–Crippen MR) is 98.5 cm³/mol. The lowest BCUT2D eigenvalue weighted by molar-refractivity contribution is -0.163. The van der Waals surface area contributed by atoms with Crippen LogP contribution in [0.1, 0.15) is 74.7 Å². The van der Waals surface area contributed by atoms with E-state index in [-0.39, 0.29) is 18.1 Å². The van der Waals surface area contributed by atoms with Crippen LogP contribution in [0, 0.1) is 5.92 Å². The van der Waals surface area contributed by atoms with Gasteiger partial charge in [0.1, 0.15) is 17.7 Å². The van der Waals surface area contributed by atoms with Gasteiger partial charge in [0, 0.05) is 6.61 Å². The topological polar surface area (TPSA) is 73.9 Å². The van der Waals surface area contributed by atoms with Gasteiger partial charge in [0.05, 0.1) is 6.10 Å². The van der Waals surface area contributed by atoms with Crippen LogP contribution in [0.4, 0.5) is 4.79 Å². The Morgan fingerprint density at radius 1 is 1.04 bits per heavy atom. The zero-order chi connectivity index (χ0) is 19.6. The Morgan fingerprint density at radius 2 is 1.64 bits per heavy atom. The molecule has 6 nitrogen and oxygen atoms in total. The third-order valence-electron chi connectivity index (χ3n) is 3.59. The highest BCUT2D eigenvalue weighted by Gasteiger charge is 2.29. The summed E-state index contributed by atoms with van der Waals surface area (Å²) in [5.74, 6) is -0.382. The van der Waals surface area contributed by atoms with Gasteiger partial charge in [-0.3, -0.25) is 0 Å². The van der Waals surface area contributed by atoms with E-state index in [0.717, 1.165) is 19.3 Å². The van der Waals surface area contributed by atoms with Crippen LogP contribution in [0.2, 0.25) is 0 Å². The summed E-state index contributed by atoms with van der Waals surface area (Å²) < 4.78 is 16.5. The number of carbonyl (C=O) groups is 2. The lowest BCUT2D eigenvalue weighted by Gasteiger charge is -2.29. The number of nitrogens with one attached hydrogen (secondary N) is 1. The van der Waals surface area contributed by atoms with Crippen molar-refractivity contribution in [3.63, 3.8) is 0 Å². The summed E-state index contributed by atoms with van der Waals surface area (Å²) in [6.07, 6.45) is 2.05. The molecule has 0 heterocycles. The summed E-state index contributed by atoms with van der Waals surface area (Å²) >= 11 is 0. The number of ether oxygens (including phenoxy) is 3. The van der Waals surface area contributed by atoms with Gasteiger partial charge < -0.3 is 19.5 Å². The second kappa shape index (κ2) is 11.3. The zero-order valence-corrected chi connectivity index (χ0v) is 17.2. The average Bonchev–Trinajstić information content (AvgIpc) is 2.46. The first-order valence-electron chi connectivity index (χ1n) is 9.29. The van der Waals surface area contributed by atoms with Gasteiger partial charge in [-0.1, -0.05) is 33.6 Å². The molecular weight excluding hydrogens is 322 g/mol. The van der Waals surface area contributed by atoms with Gasteiger partial charge >= 0.3 is 12.1 Å². The number of hydrogen-bond acceptors (Lipinski definition) is 5. The minimum absolute atomic E-state index is 0.110. The zero-order valence-electron chi connectivity index (χ0n) is 17.2. The lowest BCUT2D eigenvalue weighted by atomic mass is 10.0. The van der Waals surface area contributed by atoms with Gasteiger partial charge in [0.15, 0.2) is 0 Å². The van der Waals surface area contributed by atoms with Crippen molar-refractivity contribution in [2.24, 2.45) is 5.92 Å². The van der Waals surface area contributed by atoms with E-state index in [1.54, 1.807) is 27.7 Å². The van der Waals surface area contributed by atoms with E-state index in [4.69, 9.17) is 14.2 Å². The van der Waals surface area contributed by atoms with Gasteiger partial charge in [-0.05, 0) is 47.0 Å². The minimum atomic E-state index is -0.789. The van der Waals surface area contributed by atoms with Crippen molar-refractivity contribution in [2.45, 2.75) is 98.5 Å². The Kier molecular flexibility index (Phi) is 10.8. The van der Waals surface area contributed by atoms with Crippen molar-refractivity contribution in [1.82, 2.24) is 5.32 Å². The second-order valence-electron chi connectivity index (χ2n) is 7.80. The van der Waals surface area contributed by atoms with E-state index in [1.165, 1.54) is 0 Å². The second-order valence-corrected chi connectivity index (χ2v) is 7.80. The van der Waals surface area contributed by atoms with Gasteiger partial charge in [-0.15, -0.1) is 0 Å². The van der Waals surface area contributed by atoms with E-state index in [9.17, 15) is 9.59 Å². The Hall–Kier alpha value is -1.30. The van der Waals surface area contributed by atoms with Crippen LogP contribution in [-0.2, 0) is 19.0 Å². The molecular formula is C19H37NO5. The van der Waals surface area contributed by atoms with Gasteiger partial charge in [0.25, 0.3) is 0 Å². The maximum absolute atomic E-state index is 12.3. The quantitative estimate of drug-likeness (QED) is 0.470. The molecule has 1 N–H and O–H groups in total. The first-order chi connectivity index (χ1) is 11.5. The molecule has 0 saturated carbocycles. The molecule has 1 unspecified atom stereocenters. The molecule has 148 valence electrons. The molecule has 0 fully saturated rings. The van der Waals surface area contributed by atoms with Crippen molar-refractivity contribution < 1.29 is 23.8 Å². The average molecular weight is 360 g/mol. The maximum atomic E-state index is 12.3. The Labute approximate surface area is 153 Å². The Morgan fingerprint density at radius 3 is 2.12 bits per heavy atom. The van der Waals surface area contributed by atoms with Crippen molar-refractivity contribution in [3.8, 4) is 0 Å². The van der Waals surface area contributed by atoms with E-state index >= 15 is 0 Å². The van der Waals surface area contributed by atoms with E-state index < -0.39 is 23.7 Å². The number of rotatable bonds is 10. The molecule has 0 rings (SSSR count). The van der Waals surface area contributed by atoms with Gasteiger partial charge in [-0.2, -0.15) is 0 Å². The molecule has 0 aliphatic carbocycles. The number of carbonyl (C=O) groups excluding carboxylic acids is 2. The molecule has 6 heteroatoms. The van der Waals surface area contributed by atoms with Crippen LogP contribution in [0.15, 0.2) is 0 Å². The lowest BCUT2D eigenvalue weighted by Crippen LogP contribution is -2.45. The summed E-state index contributed by atoms with van der Waals surface area (Å²) in [7, 11) is 0. The van der Waals surface area contributed by atoms with E-state index in [0.29, 0.717) is 6.61 Å². The Bertz CT molecular complexity index is 403. The number of amides is 1. The monoisotopic (exact) mass is 359 g/mol. The number of unbranched alkanes of at least 4 members (excludes halogenated alkanes) is 2.